The number of halogens is 1. The molecule has 0 aliphatic heterocycles. The second kappa shape index (κ2) is 13.0. The van der Waals surface area contributed by atoms with Gasteiger partial charge < -0.3 is 15.0 Å². The van der Waals surface area contributed by atoms with Crippen molar-refractivity contribution < 1.29 is 22.7 Å². The number of benzene rings is 3. The highest BCUT2D eigenvalue weighted by Gasteiger charge is 2.33. The predicted molar refractivity (Wildman–Crippen MR) is 153 cm³/mol. The fraction of sp³-hybridized carbons (Fsp3) is 0.310. The minimum atomic E-state index is -4.16. The lowest BCUT2D eigenvalue weighted by Gasteiger charge is -2.33. The normalized spacial score (nSPS) is 12.1. The minimum absolute atomic E-state index is 0.0297. The summed E-state index contributed by atoms with van der Waals surface area (Å²) in [6, 6.07) is 18.9. The van der Waals surface area contributed by atoms with Crippen LogP contribution in [0.2, 0.25) is 5.02 Å². The van der Waals surface area contributed by atoms with Crippen molar-refractivity contribution in [1.29, 1.82) is 0 Å². The topological polar surface area (TPSA) is 96.0 Å². The van der Waals surface area contributed by atoms with Crippen LogP contribution in [-0.4, -0.2) is 50.9 Å². The summed E-state index contributed by atoms with van der Waals surface area (Å²) in [6.45, 7) is 6.50. The van der Waals surface area contributed by atoms with Gasteiger partial charge in [0.15, 0.2) is 0 Å². The average Bonchev–Trinajstić information content (AvgIpc) is 2.91. The highest BCUT2D eigenvalue weighted by atomic mass is 35.5. The second-order valence-corrected chi connectivity index (χ2v) is 11.7. The zero-order valence-electron chi connectivity index (χ0n) is 22.7. The van der Waals surface area contributed by atoms with Crippen LogP contribution in [-0.2, 0) is 26.2 Å². The fourth-order valence-corrected chi connectivity index (χ4v) is 5.72. The summed E-state index contributed by atoms with van der Waals surface area (Å²) in [5, 5.41) is 3.20. The van der Waals surface area contributed by atoms with Crippen molar-refractivity contribution in [1.82, 2.24) is 10.2 Å². The molecule has 1 atom stereocenters. The van der Waals surface area contributed by atoms with Crippen LogP contribution in [0, 0.1) is 6.92 Å². The molecular formula is C29H34ClN3O5S. The van der Waals surface area contributed by atoms with Crippen molar-refractivity contribution in [2.45, 2.75) is 51.2 Å². The molecule has 0 aliphatic rings. The number of sulfonamides is 1. The van der Waals surface area contributed by atoms with E-state index in [1.807, 2.05) is 19.9 Å². The number of rotatable bonds is 11. The Kier molecular flexibility index (Phi) is 9.99. The zero-order valence-corrected chi connectivity index (χ0v) is 24.3. The van der Waals surface area contributed by atoms with E-state index in [1.165, 1.54) is 17.0 Å². The first-order valence-corrected chi connectivity index (χ1v) is 14.3. The Balaban J connectivity index is 2.07. The van der Waals surface area contributed by atoms with Gasteiger partial charge in [0.05, 0.1) is 17.7 Å². The fourth-order valence-electron chi connectivity index (χ4n) is 4.05. The smallest absolute Gasteiger partial charge is 0.264 e. The first-order chi connectivity index (χ1) is 18.4. The molecule has 0 fully saturated rings. The molecule has 208 valence electrons. The van der Waals surface area contributed by atoms with Crippen LogP contribution in [0.5, 0.6) is 5.75 Å². The van der Waals surface area contributed by atoms with Crippen molar-refractivity contribution in [3.63, 3.8) is 0 Å². The van der Waals surface area contributed by atoms with Gasteiger partial charge in [-0.25, -0.2) is 8.42 Å². The van der Waals surface area contributed by atoms with E-state index in [9.17, 15) is 18.0 Å². The average molecular weight is 572 g/mol. The molecule has 3 aromatic carbocycles. The molecule has 0 aromatic heterocycles. The summed E-state index contributed by atoms with van der Waals surface area (Å²) in [5.74, 6) is -0.303. The number of hydrogen-bond donors (Lipinski definition) is 1. The van der Waals surface area contributed by atoms with E-state index >= 15 is 0 Å². The van der Waals surface area contributed by atoms with Crippen LogP contribution in [0.25, 0.3) is 0 Å². The maximum atomic E-state index is 14.0. The van der Waals surface area contributed by atoms with E-state index in [0.717, 1.165) is 9.87 Å². The van der Waals surface area contributed by atoms with E-state index in [1.54, 1.807) is 75.6 Å². The van der Waals surface area contributed by atoms with Crippen LogP contribution in [0.4, 0.5) is 5.69 Å². The van der Waals surface area contributed by atoms with Gasteiger partial charge >= 0.3 is 0 Å². The van der Waals surface area contributed by atoms with Crippen molar-refractivity contribution in [2.24, 2.45) is 0 Å². The molecule has 3 rings (SSSR count). The lowest BCUT2D eigenvalue weighted by Crippen LogP contribution is -2.52. The van der Waals surface area contributed by atoms with Crippen molar-refractivity contribution in [3.8, 4) is 5.75 Å². The van der Waals surface area contributed by atoms with Crippen LogP contribution in [0.15, 0.2) is 77.7 Å². The van der Waals surface area contributed by atoms with E-state index in [-0.39, 0.29) is 29.1 Å². The number of carbonyl (C=O) groups is 2. The maximum absolute atomic E-state index is 14.0. The third-order valence-electron chi connectivity index (χ3n) is 6.20. The third-order valence-corrected chi connectivity index (χ3v) is 8.39. The number of nitrogens with one attached hydrogen (secondary N) is 1. The molecule has 1 N–H and O–H groups in total. The molecule has 0 saturated heterocycles. The van der Waals surface area contributed by atoms with Crippen molar-refractivity contribution >= 4 is 39.1 Å². The number of anilines is 1. The van der Waals surface area contributed by atoms with Gasteiger partial charge in [0, 0.05) is 17.6 Å². The molecule has 0 unspecified atom stereocenters. The lowest BCUT2D eigenvalue weighted by atomic mass is 10.1. The molecule has 2 amide bonds. The van der Waals surface area contributed by atoms with E-state index in [2.05, 4.69) is 5.32 Å². The molecule has 0 spiro atoms. The highest BCUT2D eigenvalue weighted by molar-refractivity contribution is 7.92. The van der Waals surface area contributed by atoms with Crippen LogP contribution < -0.4 is 14.4 Å². The minimum Gasteiger partial charge on any atom is -0.497 e. The molecule has 0 radical (unpaired) electrons. The number of carbonyl (C=O) groups excluding carboxylic acids is 2. The zero-order chi connectivity index (χ0) is 28.7. The van der Waals surface area contributed by atoms with Crippen molar-refractivity contribution in [2.75, 3.05) is 18.0 Å². The van der Waals surface area contributed by atoms with Gasteiger partial charge in [0.1, 0.15) is 18.3 Å². The summed E-state index contributed by atoms with van der Waals surface area (Å²) >= 11 is 6.35. The SMILES string of the molecule is COc1cccc(CN(C(=O)CN(c2cccc(Cl)c2C)S(=O)(=O)c2ccccc2)[C@H](C)C(=O)NC(C)C)c1. The number of methoxy groups -OCH3 is 1. The molecule has 0 bridgehead atoms. The quantitative estimate of drug-likeness (QED) is 0.357. The summed E-state index contributed by atoms with van der Waals surface area (Å²) in [7, 11) is -2.62. The van der Waals surface area contributed by atoms with Gasteiger partial charge in [0.2, 0.25) is 11.8 Å². The van der Waals surface area contributed by atoms with Crippen LogP contribution in [0.1, 0.15) is 31.9 Å². The van der Waals surface area contributed by atoms with Crippen LogP contribution in [0.3, 0.4) is 0 Å². The Morgan fingerprint density at radius 1 is 0.974 bits per heavy atom. The van der Waals surface area contributed by atoms with Gasteiger partial charge in [-0.2, -0.15) is 0 Å². The van der Waals surface area contributed by atoms with Crippen LogP contribution >= 0.6 is 11.6 Å². The summed E-state index contributed by atoms with van der Waals surface area (Å²) in [6.07, 6.45) is 0. The van der Waals surface area contributed by atoms with Gasteiger partial charge in [-0.15, -0.1) is 0 Å². The third kappa shape index (κ3) is 7.30. The Morgan fingerprint density at radius 2 is 1.64 bits per heavy atom. The van der Waals surface area contributed by atoms with Gasteiger partial charge in [0.25, 0.3) is 10.0 Å². The maximum Gasteiger partial charge on any atom is 0.264 e. The lowest BCUT2D eigenvalue weighted by molar-refractivity contribution is -0.139. The molecule has 8 nitrogen and oxygen atoms in total. The van der Waals surface area contributed by atoms with E-state index in [4.69, 9.17) is 16.3 Å². The molecule has 0 saturated carbocycles. The van der Waals surface area contributed by atoms with Gasteiger partial charge in [-0.1, -0.05) is 48.0 Å². The highest BCUT2D eigenvalue weighted by Crippen LogP contribution is 2.31. The van der Waals surface area contributed by atoms with Gasteiger partial charge in [-0.3, -0.25) is 13.9 Å². The summed E-state index contributed by atoms with van der Waals surface area (Å²) < 4.78 is 34.1. The van der Waals surface area contributed by atoms with Crippen molar-refractivity contribution in [3.05, 3.63) is 88.9 Å². The first kappa shape index (κ1) is 30.0. The summed E-state index contributed by atoms with van der Waals surface area (Å²) in [5.41, 5.74) is 1.51. The Morgan fingerprint density at radius 3 is 2.28 bits per heavy atom. The number of ether oxygens (including phenoxy) is 1. The largest absolute Gasteiger partial charge is 0.497 e. The van der Waals surface area contributed by atoms with Gasteiger partial charge in [-0.05, 0) is 75.2 Å². The number of hydrogen-bond acceptors (Lipinski definition) is 5. The monoisotopic (exact) mass is 571 g/mol. The molecule has 3 aromatic rings. The number of nitrogens with zero attached hydrogens (tertiary/aromatic N) is 2. The molecular weight excluding hydrogens is 538 g/mol. The van der Waals surface area contributed by atoms with E-state index in [0.29, 0.717) is 16.3 Å². The molecule has 0 aliphatic carbocycles. The number of amides is 2. The molecule has 10 heteroatoms. The standard InChI is InChI=1S/C29H34ClN3O5S/c1-20(2)31-29(35)22(4)32(18-23-11-9-12-24(17-23)38-5)28(34)19-33(27-16-10-15-26(30)21(27)3)39(36,37)25-13-7-6-8-14-25/h6-17,20,22H,18-19H2,1-5H3,(H,31,35)/t22-/m1/s1. The Labute approximate surface area is 235 Å². The second-order valence-electron chi connectivity index (χ2n) is 9.42. The Hall–Kier alpha value is -3.56. The predicted octanol–water partition coefficient (Wildman–Crippen LogP) is 4.79. The summed E-state index contributed by atoms with van der Waals surface area (Å²) in [4.78, 5) is 28.4. The van der Waals surface area contributed by atoms with E-state index < -0.39 is 28.5 Å². The first-order valence-electron chi connectivity index (χ1n) is 12.5. The molecule has 0 heterocycles. The Bertz CT molecular complexity index is 1410. The molecule has 39 heavy (non-hydrogen) atoms.